The smallest absolute Gasteiger partial charge is 0.297 e. The Kier molecular flexibility index (Phi) is 5.82. The van der Waals surface area contributed by atoms with E-state index in [0.29, 0.717) is 19.1 Å². The summed E-state index contributed by atoms with van der Waals surface area (Å²) in [7, 11) is 1.30. The quantitative estimate of drug-likeness (QED) is 0.525. The molecule has 0 radical (unpaired) electrons. The Morgan fingerprint density at radius 2 is 2.08 bits per heavy atom. The van der Waals surface area contributed by atoms with Crippen molar-refractivity contribution < 1.29 is 13.2 Å². The molecule has 0 amide bonds. The molecule has 0 unspecified atom stereocenters. The van der Waals surface area contributed by atoms with Gasteiger partial charge in [-0.05, 0) is 5.92 Å². The van der Waals surface area contributed by atoms with Crippen LogP contribution in [0.4, 0.5) is 0 Å². The molecule has 0 saturated carbocycles. The lowest BCUT2D eigenvalue weighted by Crippen LogP contribution is -2.23. The molecule has 0 aromatic carbocycles. The van der Waals surface area contributed by atoms with E-state index in [9.17, 15) is 8.42 Å². The summed E-state index contributed by atoms with van der Waals surface area (Å²) >= 11 is 0. The summed E-state index contributed by atoms with van der Waals surface area (Å²) in [6.45, 7) is 5.24. The zero-order valence-corrected chi connectivity index (χ0v) is 8.78. The van der Waals surface area contributed by atoms with Gasteiger partial charge in [0.1, 0.15) is 0 Å². The zero-order valence-electron chi connectivity index (χ0n) is 7.21. The average Bonchev–Trinajstić information content (AvgIpc) is 1.83. The van der Waals surface area contributed by atoms with Crippen LogP contribution in [0.2, 0.25) is 0 Å². The SMILES string of the molecule is CC(C)COCCNS(=O)(=O)Cl. The maximum absolute atomic E-state index is 10.3. The Balaban J connectivity index is 3.23. The predicted octanol–water partition coefficient (Wildman–Crippen LogP) is 0.732. The molecule has 0 aromatic rings. The molecule has 12 heavy (non-hydrogen) atoms. The minimum Gasteiger partial charge on any atom is -0.380 e. The molecule has 0 spiro atoms. The fourth-order valence-corrected chi connectivity index (χ4v) is 1.11. The lowest BCUT2D eigenvalue weighted by atomic mass is 10.2. The minimum atomic E-state index is -3.58. The van der Waals surface area contributed by atoms with Gasteiger partial charge in [0.05, 0.1) is 6.61 Å². The molecule has 0 aliphatic rings. The van der Waals surface area contributed by atoms with Crippen molar-refractivity contribution in [3.8, 4) is 0 Å². The summed E-state index contributed by atoms with van der Waals surface area (Å²) in [5.41, 5.74) is 0. The van der Waals surface area contributed by atoms with E-state index in [-0.39, 0.29) is 6.54 Å². The van der Waals surface area contributed by atoms with Gasteiger partial charge in [-0.25, -0.2) is 0 Å². The first kappa shape index (κ1) is 12.2. The van der Waals surface area contributed by atoms with Gasteiger partial charge in [0, 0.05) is 23.8 Å². The zero-order chi connectivity index (χ0) is 9.61. The standard InChI is InChI=1S/C6H14ClNO3S/c1-6(2)5-11-4-3-8-12(7,9)10/h6,8H,3-5H2,1-2H3. The van der Waals surface area contributed by atoms with Crippen LogP contribution in [-0.4, -0.2) is 28.2 Å². The van der Waals surface area contributed by atoms with E-state index >= 15 is 0 Å². The van der Waals surface area contributed by atoms with Crippen molar-refractivity contribution in [2.75, 3.05) is 19.8 Å². The molecule has 1 N–H and O–H groups in total. The topological polar surface area (TPSA) is 55.4 Å². The largest absolute Gasteiger partial charge is 0.380 e. The van der Waals surface area contributed by atoms with Crippen LogP contribution in [0.25, 0.3) is 0 Å². The Morgan fingerprint density at radius 3 is 2.50 bits per heavy atom. The van der Waals surface area contributed by atoms with Gasteiger partial charge in [0.15, 0.2) is 0 Å². The third-order valence-corrected chi connectivity index (χ3v) is 1.85. The van der Waals surface area contributed by atoms with Gasteiger partial charge in [-0.1, -0.05) is 13.8 Å². The predicted molar refractivity (Wildman–Crippen MR) is 48.4 cm³/mol. The van der Waals surface area contributed by atoms with Crippen LogP contribution in [0.5, 0.6) is 0 Å². The summed E-state index contributed by atoms with van der Waals surface area (Å²) in [4.78, 5) is 0. The second kappa shape index (κ2) is 5.75. The molecule has 0 aliphatic carbocycles. The summed E-state index contributed by atoms with van der Waals surface area (Å²) in [5, 5.41) is 0. The second-order valence-electron chi connectivity index (χ2n) is 2.80. The molecule has 0 heterocycles. The van der Waals surface area contributed by atoms with Crippen molar-refractivity contribution in [3.63, 3.8) is 0 Å². The first-order valence-electron chi connectivity index (χ1n) is 3.69. The number of rotatable bonds is 6. The van der Waals surface area contributed by atoms with E-state index in [1.54, 1.807) is 0 Å². The molecule has 6 heteroatoms. The van der Waals surface area contributed by atoms with E-state index in [2.05, 4.69) is 4.72 Å². The third kappa shape index (κ3) is 10.2. The number of halogens is 1. The number of ether oxygens (including phenoxy) is 1. The molecule has 0 fully saturated rings. The van der Waals surface area contributed by atoms with E-state index in [1.807, 2.05) is 13.8 Å². The van der Waals surface area contributed by atoms with Crippen LogP contribution in [0.3, 0.4) is 0 Å². The fraction of sp³-hybridized carbons (Fsp3) is 1.00. The van der Waals surface area contributed by atoms with Crippen LogP contribution in [-0.2, 0) is 14.0 Å². The molecule has 0 aromatic heterocycles. The van der Waals surface area contributed by atoms with E-state index in [1.165, 1.54) is 0 Å². The van der Waals surface area contributed by atoms with Crippen LogP contribution in [0.15, 0.2) is 0 Å². The van der Waals surface area contributed by atoms with Crippen molar-refractivity contribution in [2.24, 2.45) is 5.92 Å². The van der Waals surface area contributed by atoms with E-state index in [0.717, 1.165) is 0 Å². The van der Waals surface area contributed by atoms with Gasteiger partial charge in [-0.3, -0.25) is 0 Å². The van der Waals surface area contributed by atoms with Gasteiger partial charge in [0.2, 0.25) is 0 Å². The molecule has 0 aliphatic heterocycles. The van der Waals surface area contributed by atoms with Gasteiger partial charge in [-0.15, -0.1) is 0 Å². The molecule has 0 rings (SSSR count). The average molecular weight is 216 g/mol. The number of hydrogen-bond donors (Lipinski definition) is 1. The van der Waals surface area contributed by atoms with Gasteiger partial charge in [0.25, 0.3) is 9.24 Å². The first-order chi connectivity index (χ1) is 5.42. The Hall–Kier alpha value is 0.160. The maximum Gasteiger partial charge on any atom is 0.297 e. The summed E-state index contributed by atoms with van der Waals surface area (Å²) in [6.07, 6.45) is 0. The molecule has 0 saturated heterocycles. The highest BCUT2D eigenvalue weighted by Crippen LogP contribution is 1.92. The molecule has 4 nitrogen and oxygen atoms in total. The molecule has 0 atom stereocenters. The van der Waals surface area contributed by atoms with Crippen LogP contribution >= 0.6 is 10.7 Å². The highest BCUT2D eigenvalue weighted by molar-refractivity contribution is 8.12. The van der Waals surface area contributed by atoms with Crippen molar-refractivity contribution in [1.82, 2.24) is 4.72 Å². The van der Waals surface area contributed by atoms with Crippen LogP contribution in [0, 0.1) is 5.92 Å². The molecular formula is C6H14ClNO3S. The van der Waals surface area contributed by atoms with Crippen LogP contribution < -0.4 is 4.72 Å². The van der Waals surface area contributed by atoms with Gasteiger partial charge >= 0.3 is 0 Å². The van der Waals surface area contributed by atoms with Crippen molar-refractivity contribution in [2.45, 2.75) is 13.8 Å². The Morgan fingerprint density at radius 1 is 1.50 bits per heavy atom. The Bertz CT molecular complexity index is 203. The fourth-order valence-electron chi connectivity index (χ4n) is 0.555. The van der Waals surface area contributed by atoms with Crippen LogP contribution in [0.1, 0.15) is 13.8 Å². The molecule has 74 valence electrons. The summed E-state index contributed by atoms with van der Waals surface area (Å²) < 4.78 is 27.9. The monoisotopic (exact) mass is 215 g/mol. The van der Waals surface area contributed by atoms with Gasteiger partial charge in [-0.2, -0.15) is 13.1 Å². The second-order valence-corrected chi connectivity index (χ2v) is 5.18. The lowest BCUT2D eigenvalue weighted by Gasteiger charge is -2.05. The lowest BCUT2D eigenvalue weighted by molar-refractivity contribution is 0.115. The first-order valence-corrected chi connectivity index (χ1v) is 5.99. The molecular weight excluding hydrogens is 202 g/mol. The summed E-state index contributed by atoms with van der Waals surface area (Å²) in [5.74, 6) is 0.456. The Labute approximate surface area is 77.8 Å². The minimum absolute atomic E-state index is 0.221. The van der Waals surface area contributed by atoms with E-state index in [4.69, 9.17) is 15.4 Å². The molecule has 0 bridgehead atoms. The third-order valence-electron chi connectivity index (χ3n) is 0.972. The number of nitrogens with one attached hydrogen (secondary N) is 1. The maximum atomic E-state index is 10.3. The highest BCUT2D eigenvalue weighted by Gasteiger charge is 2.01. The van der Waals surface area contributed by atoms with Crippen molar-refractivity contribution in [1.29, 1.82) is 0 Å². The van der Waals surface area contributed by atoms with Crippen molar-refractivity contribution in [3.05, 3.63) is 0 Å². The van der Waals surface area contributed by atoms with Gasteiger partial charge < -0.3 is 4.74 Å². The van der Waals surface area contributed by atoms with E-state index < -0.39 is 9.24 Å². The van der Waals surface area contributed by atoms with Crippen molar-refractivity contribution >= 4 is 19.9 Å². The number of hydrogen-bond acceptors (Lipinski definition) is 3. The highest BCUT2D eigenvalue weighted by atomic mass is 35.7. The normalized spacial score (nSPS) is 12.3. The summed E-state index contributed by atoms with van der Waals surface area (Å²) in [6, 6.07) is 0.